The molecule has 126 valence electrons. The summed E-state index contributed by atoms with van der Waals surface area (Å²) in [6, 6.07) is 8.21. The van der Waals surface area contributed by atoms with Crippen molar-refractivity contribution in [1.29, 1.82) is 0 Å². The van der Waals surface area contributed by atoms with Gasteiger partial charge in [-0.3, -0.25) is 0 Å². The van der Waals surface area contributed by atoms with Crippen LogP contribution in [0.1, 0.15) is 6.92 Å². The van der Waals surface area contributed by atoms with Crippen LogP contribution in [0.3, 0.4) is 0 Å². The number of hydrogen-bond donors (Lipinski definition) is 1. The Bertz CT molecular complexity index is 531. The minimum Gasteiger partial charge on any atom is -0.497 e. The maximum atomic E-state index is 5.30. The SMILES string of the molecule is C#CCN=C(NCC)N1CCN(c2ccc(OC)cc2)CC1.I. The van der Waals surface area contributed by atoms with Crippen LogP contribution in [0.15, 0.2) is 29.3 Å². The average Bonchev–Trinajstić information content (AvgIpc) is 2.59. The summed E-state index contributed by atoms with van der Waals surface area (Å²) in [6.45, 7) is 7.13. The zero-order chi connectivity index (χ0) is 15.8. The van der Waals surface area contributed by atoms with Crippen LogP contribution in [0.25, 0.3) is 0 Å². The molecular formula is C17H25IN4O. The largest absolute Gasteiger partial charge is 0.497 e. The van der Waals surface area contributed by atoms with Crippen molar-refractivity contribution in [3.63, 3.8) is 0 Å². The number of nitrogens with one attached hydrogen (secondary N) is 1. The lowest BCUT2D eigenvalue weighted by molar-refractivity contribution is 0.373. The number of rotatable bonds is 4. The van der Waals surface area contributed by atoms with Crippen LogP contribution in [-0.2, 0) is 0 Å². The molecule has 0 aromatic heterocycles. The van der Waals surface area contributed by atoms with Gasteiger partial charge in [-0.2, -0.15) is 0 Å². The third-order valence-electron chi connectivity index (χ3n) is 3.67. The molecule has 0 spiro atoms. The molecule has 0 bridgehead atoms. The van der Waals surface area contributed by atoms with Gasteiger partial charge in [0.15, 0.2) is 5.96 Å². The maximum absolute atomic E-state index is 5.30. The van der Waals surface area contributed by atoms with Gasteiger partial charge in [0, 0.05) is 38.4 Å². The molecule has 0 atom stereocenters. The van der Waals surface area contributed by atoms with E-state index in [9.17, 15) is 0 Å². The number of anilines is 1. The standard InChI is InChI=1S/C17H24N4O.HI/c1-4-10-19-17(18-5-2)21-13-11-20(12-14-21)15-6-8-16(22-3)9-7-15;/h1,6-9H,5,10-14H2,2-3H3,(H,18,19);1H. The second kappa shape index (κ2) is 10.2. The zero-order valence-electron chi connectivity index (χ0n) is 13.8. The first-order chi connectivity index (χ1) is 10.8. The van der Waals surface area contributed by atoms with Gasteiger partial charge in [0.25, 0.3) is 0 Å². The van der Waals surface area contributed by atoms with Crippen LogP contribution in [0.2, 0.25) is 0 Å². The van der Waals surface area contributed by atoms with Gasteiger partial charge >= 0.3 is 0 Å². The van der Waals surface area contributed by atoms with Crippen molar-refractivity contribution in [2.24, 2.45) is 4.99 Å². The van der Waals surface area contributed by atoms with E-state index in [2.05, 4.69) is 45.1 Å². The van der Waals surface area contributed by atoms with Gasteiger partial charge in [-0.1, -0.05) is 5.92 Å². The van der Waals surface area contributed by atoms with Crippen LogP contribution in [0, 0.1) is 12.3 Å². The number of guanidine groups is 1. The lowest BCUT2D eigenvalue weighted by atomic mass is 10.2. The van der Waals surface area contributed by atoms with Gasteiger partial charge in [-0.05, 0) is 31.2 Å². The van der Waals surface area contributed by atoms with E-state index in [0.717, 1.165) is 44.4 Å². The molecule has 5 nitrogen and oxygen atoms in total. The van der Waals surface area contributed by atoms with Gasteiger partial charge in [0.05, 0.1) is 7.11 Å². The molecule has 6 heteroatoms. The maximum Gasteiger partial charge on any atom is 0.195 e. The van der Waals surface area contributed by atoms with Crippen molar-refractivity contribution in [2.75, 3.05) is 51.3 Å². The second-order valence-electron chi connectivity index (χ2n) is 5.05. The number of terminal acetylenes is 1. The monoisotopic (exact) mass is 428 g/mol. The van der Waals surface area contributed by atoms with Crippen molar-refractivity contribution < 1.29 is 4.74 Å². The van der Waals surface area contributed by atoms with Crippen LogP contribution >= 0.6 is 24.0 Å². The lowest BCUT2D eigenvalue weighted by Crippen LogP contribution is -2.52. The molecule has 1 fully saturated rings. The van der Waals surface area contributed by atoms with Crippen molar-refractivity contribution in [2.45, 2.75) is 6.92 Å². The average molecular weight is 428 g/mol. The molecular weight excluding hydrogens is 403 g/mol. The Labute approximate surface area is 156 Å². The van der Waals surface area contributed by atoms with Crippen LogP contribution < -0.4 is 15.0 Å². The molecule has 0 saturated carbocycles. The molecule has 1 saturated heterocycles. The third-order valence-corrected chi connectivity index (χ3v) is 3.67. The number of piperazine rings is 1. The molecule has 2 rings (SSSR count). The number of nitrogens with zero attached hydrogens (tertiary/aromatic N) is 3. The molecule has 0 amide bonds. The number of halogens is 1. The van der Waals surface area contributed by atoms with Crippen LogP contribution in [-0.4, -0.2) is 57.2 Å². The predicted molar refractivity (Wildman–Crippen MR) is 107 cm³/mol. The Kier molecular flexibility index (Phi) is 8.62. The number of aliphatic imine (C=N–C) groups is 1. The van der Waals surface area contributed by atoms with Gasteiger partial charge in [0.2, 0.25) is 0 Å². The normalized spacial score (nSPS) is 14.7. The molecule has 23 heavy (non-hydrogen) atoms. The molecule has 1 heterocycles. The topological polar surface area (TPSA) is 40.1 Å². The molecule has 1 aliphatic heterocycles. The summed E-state index contributed by atoms with van der Waals surface area (Å²) in [6.07, 6.45) is 5.30. The van der Waals surface area contributed by atoms with Crippen molar-refractivity contribution >= 4 is 35.6 Å². The van der Waals surface area contributed by atoms with E-state index in [1.165, 1.54) is 5.69 Å². The molecule has 1 aromatic rings. The number of methoxy groups -OCH3 is 1. The Balaban J connectivity index is 0.00000264. The molecule has 0 unspecified atom stereocenters. The first-order valence-corrected chi connectivity index (χ1v) is 7.64. The number of ether oxygens (including phenoxy) is 1. The molecule has 1 N–H and O–H groups in total. The van der Waals surface area contributed by atoms with Gasteiger partial charge < -0.3 is 19.9 Å². The fourth-order valence-corrected chi connectivity index (χ4v) is 2.52. The summed E-state index contributed by atoms with van der Waals surface area (Å²) in [5, 5.41) is 3.30. The smallest absolute Gasteiger partial charge is 0.195 e. The summed E-state index contributed by atoms with van der Waals surface area (Å²) >= 11 is 0. The first kappa shape index (κ1) is 19.4. The summed E-state index contributed by atoms with van der Waals surface area (Å²) in [7, 11) is 1.69. The van der Waals surface area contributed by atoms with E-state index in [1.54, 1.807) is 7.11 Å². The van der Waals surface area contributed by atoms with Crippen LogP contribution in [0.4, 0.5) is 5.69 Å². The molecule has 0 radical (unpaired) electrons. The van der Waals surface area contributed by atoms with Gasteiger partial charge in [0.1, 0.15) is 12.3 Å². The number of hydrogen-bond acceptors (Lipinski definition) is 3. The molecule has 0 aliphatic carbocycles. The van der Waals surface area contributed by atoms with E-state index >= 15 is 0 Å². The fourth-order valence-electron chi connectivity index (χ4n) is 2.52. The van der Waals surface area contributed by atoms with E-state index in [4.69, 9.17) is 11.2 Å². The Hall–Kier alpha value is -1.62. The first-order valence-electron chi connectivity index (χ1n) is 7.64. The van der Waals surface area contributed by atoms with Gasteiger partial charge in [-0.15, -0.1) is 30.4 Å². The summed E-state index contributed by atoms with van der Waals surface area (Å²) in [4.78, 5) is 9.08. The second-order valence-corrected chi connectivity index (χ2v) is 5.05. The summed E-state index contributed by atoms with van der Waals surface area (Å²) in [5.41, 5.74) is 1.23. The third kappa shape index (κ3) is 5.50. The Morgan fingerprint density at radius 3 is 2.43 bits per heavy atom. The Morgan fingerprint density at radius 1 is 1.26 bits per heavy atom. The highest BCUT2D eigenvalue weighted by molar-refractivity contribution is 14.0. The fraction of sp³-hybridized carbons (Fsp3) is 0.471. The lowest BCUT2D eigenvalue weighted by Gasteiger charge is -2.37. The van der Waals surface area contributed by atoms with Crippen molar-refractivity contribution in [3.8, 4) is 18.1 Å². The zero-order valence-corrected chi connectivity index (χ0v) is 16.1. The minimum absolute atomic E-state index is 0. The summed E-state index contributed by atoms with van der Waals surface area (Å²) < 4.78 is 5.20. The van der Waals surface area contributed by atoms with Crippen molar-refractivity contribution in [1.82, 2.24) is 10.2 Å². The number of benzene rings is 1. The van der Waals surface area contributed by atoms with E-state index in [1.807, 2.05) is 12.1 Å². The molecule has 1 aromatic carbocycles. The predicted octanol–water partition coefficient (Wildman–Crippen LogP) is 2.03. The van der Waals surface area contributed by atoms with Crippen molar-refractivity contribution in [3.05, 3.63) is 24.3 Å². The van der Waals surface area contributed by atoms with E-state index < -0.39 is 0 Å². The Morgan fingerprint density at radius 2 is 1.91 bits per heavy atom. The van der Waals surface area contributed by atoms with Crippen LogP contribution in [0.5, 0.6) is 5.75 Å². The van der Waals surface area contributed by atoms with Gasteiger partial charge in [-0.25, -0.2) is 4.99 Å². The molecule has 1 aliphatic rings. The van der Waals surface area contributed by atoms with E-state index in [-0.39, 0.29) is 24.0 Å². The highest BCUT2D eigenvalue weighted by Crippen LogP contribution is 2.20. The highest BCUT2D eigenvalue weighted by Gasteiger charge is 2.19. The quantitative estimate of drug-likeness (QED) is 0.345. The summed E-state index contributed by atoms with van der Waals surface area (Å²) in [5.74, 6) is 4.36. The highest BCUT2D eigenvalue weighted by atomic mass is 127. The van der Waals surface area contributed by atoms with E-state index in [0.29, 0.717) is 6.54 Å². The minimum atomic E-state index is 0.